The molecule has 0 aromatic carbocycles. The number of pyridine rings is 1. The maximum atomic E-state index is 13.8. The number of aromatic nitrogens is 3. The van der Waals surface area contributed by atoms with Gasteiger partial charge in [0.1, 0.15) is 5.69 Å². The Hall–Kier alpha value is -2.84. The molecule has 0 saturated heterocycles. The molecule has 2 rings (SSSR count). The summed E-state index contributed by atoms with van der Waals surface area (Å²) in [7, 11) is 0. The van der Waals surface area contributed by atoms with E-state index in [4.69, 9.17) is 0 Å². The van der Waals surface area contributed by atoms with Crippen molar-refractivity contribution >= 4 is 11.8 Å². The van der Waals surface area contributed by atoms with Gasteiger partial charge in [-0.3, -0.25) is 14.6 Å². The third kappa shape index (κ3) is 7.06. The van der Waals surface area contributed by atoms with Gasteiger partial charge in [0.2, 0.25) is 0 Å². The van der Waals surface area contributed by atoms with Gasteiger partial charge < -0.3 is 15.0 Å². The fourth-order valence-electron chi connectivity index (χ4n) is 1.68. The van der Waals surface area contributed by atoms with Crippen LogP contribution in [0.15, 0.2) is 35.4 Å². The smallest absolute Gasteiger partial charge is 0.306 e. The molecule has 0 atom stereocenters. The maximum Gasteiger partial charge on any atom is 0.306 e. The quantitative estimate of drug-likeness (QED) is 0.800. The van der Waals surface area contributed by atoms with Gasteiger partial charge in [0.05, 0.1) is 13.2 Å². The molecule has 0 saturated carbocycles. The Morgan fingerprint density at radius 1 is 1.36 bits per heavy atom. The normalized spacial score (nSPS) is 10.4. The minimum Gasteiger partial charge on any atom is -0.466 e. The van der Waals surface area contributed by atoms with E-state index in [0.717, 1.165) is 0 Å². The van der Waals surface area contributed by atoms with Crippen molar-refractivity contribution in [1.29, 1.82) is 0 Å². The number of hydrogen-bond donors (Lipinski definition) is 2. The number of anilines is 1. The van der Waals surface area contributed by atoms with Gasteiger partial charge in [-0.25, -0.2) is 4.98 Å². The Balaban J connectivity index is 0.000000450. The number of esters is 1. The number of H-pyrrole nitrogens is 1. The molecule has 0 aliphatic rings. The second-order valence-corrected chi connectivity index (χ2v) is 4.94. The average molecular weight is 354 g/mol. The van der Waals surface area contributed by atoms with Crippen LogP contribution in [-0.4, -0.2) is 34.1 Å². The first-order chi connectivity index (χ1) is 11.8. The molecular weight excluding hydrogens is 334 g/mol. The zero-order valence-corrected chi connectivity index (χ0v) is 14.2. The molecule has 0 unspecified atom stereocenters. The lowest BCUT2D eigenvalue weighted by Gasteiger charge is -2.16. The monoisotopic (exact) mass is 354 g/mol. The van der Waals surface area contributed by atoms with Crippen molar-refractivity contribution in [2.24, 2.45) is 0 Å². The van der Waals surface area contributed by atoms with Crippen LogP contribution in [0.3, 0.4) is 0 Å². The van der Waals surface area contributed by atoms with Crippen molar-refractivity contribution < 1.29 is 18.3 Å². The highest BCUT2D eigenvalue weighted by molar-refractivity contribution is 5.65. The fourth-order valence-corrected chi connectivity index (χ4v) is 1.68. The molecule has 0 amide bonds. The first-order valence-electron chi connectivity index (χ1n) is 7.48. The third-order valence-corrected chi connectivity index (χ3v) is 2.78. The molecule has 136 valence electrons. The van der Waals surface area contributed by atoms with Crippen molar-refractivity contribution in [3.8, 4) is 0 Å². The van der Waals surface area contributed by atoms with E-state index in [-0.39, 0.29) is 17.5 Å². The van der Waals surface area contributed by atoms with Crippen LogP contribution in [0.5, 0.6) is 0 Å². The van der Waals surface area contributed by atoms with E-state index in [1.54, 1.807) is 19.9 Å². The Morgan fingerprint density at radius 3 is 2.56 bits per heavy atom. The standard InChI is InChI=1S/C12H12F2N4O.C4H8O2/c1-8-6-16-10(11(19)18-8)17-7-12(13,14)9-4-2-3-5-15-9;1-3-6-4(2)5/h2-6H,7H2,1H3,(H,16,17)(H,18,19);3H2,1-2H3. The van der Waals surface area contributed by atoms with E-state index in [1.165, 1.54) is 31.5 Å². The summed E-state index contributed by atoms with van der Waals surface area (Å²) in [6, 6.07) is 4.26. The Labute approximate surface area is 143 Å². The third-order valence-electron chi connectivity index (χ3n) is 2.78. The van der Waals surface area contributed by atoms with E-state index < -0.39 is 18.0 Å². The molecule has 25 heavy (non-hydrogen) atoms. The topological polar surface area (TPSA) is 97.0 Å². The van der Waals surface area contributed by atoms with E-state index in [0.29, 0.717) is 12.3 Å². The maximum absolute atomic E-state index is 13.8. The molecule has 0 bridgehead atoms. The number of nitrogens with zero attached hydrogens (tertiary/aromatic N) is 2. The van der Waals surface area contributed by atoms with E-state index in [1.807, 2.05) is 0 Å². The molecule has 0 radical (unpaired) electrons. The summed E-state index contributed by atoms with van der Waals surface area (Å²) < 4.78 is 32.0. The van der Waals surface area contributed by atoms with Gasteiger partial charge in [0, 0.05) is 25.0 Å². The Morgan fingerprint density at radius 2 is 2.08 bits per heavy atom. The number of aryl methyl sites for hydroxylation is 1. The lowest BCUT2D eigenvalue weighted by molar-refractivity contribution is -0.140. The molecule has 0 fully saturated rings. The van der Waals surface area contributed by atoms with E-state index in [2.05, 4.69) is 25.0 Å². The van der Waals surface area contributed by atoms with Gasteiger partial charge in [-0.2, -0.15) is 8.78 Å². The van der Waals surface area contributed by atoms with Crippen LogP contribution in [0.25, 0.3) is 0 Å². The second-order valence-electron chi connectivity index (χ2n) is 4.94. The van der Waals surface area contributed by atoms with E-state index >= 15 is 0 Å². The van der Waals surface area contributed by atoms with Gasteiger partial charge in [-0.1, -0.05) is 6.07 Å². The predicted octanol–water partition coefficient (Wildman–Crippen LogP) is 2.25. The molecule has 2 aromatic heterocycles. The Bertz CT molecular complexity index is 736. The van der Waals surface area contributed by atoms with Crippen molar-refractivity contribution in [2.45, 2.75) is 26.7 Å². The molecule has 2 aromatic rings. The number of ether oxygens (including phenoxy) is 1. The summed E-state index contributed by atoms with van der Waals surface area (Å²) in [6.45, 7) is 4.56. The van der Waals surface area contributed by atoms with Crippen LogP contribution in [0.4, 0.5) is 14.6 Å². The van der Waals surface area contributed by atoms with Crippen LogP contribution in [0.1, 0.15) is 25.2 Å². The first-order valence-corrected chi connectivity index (χ1v) is 7.48. The molecular formula is C16H20F2N4O3. The van der Waals surface area contributed by atoms with Gasteiger partial charge >= 0.3 is 11.9 Å². The second kappa shape index (κ2) is 9.45. The van der Waals surface area contributed by atoms with Gasteiger partial charge in [0.15, 0.2) is 5.82 Å². The molecule has 0 aliphatic heterocycles. The van der Waals surface area contributed by atoms with Gasteiger partial charge in [0.25, 0.3) is 5.56 Å². The highest BCUT2D eigenvalue weighted by Gasteiger charge is 2.33. The summed E-state index contributed by atoms with van der Waals surface area (Å²) in [4.78, 5) is 31.1. The van der Waals surface area contributed by atoms with Crippen molar-refractivity contribution in [3.05, 3.63) is 52.3 Å². The Kier molecular flexibility index (Phi) is 7.64. The van der Waals surface area contributed by atoms with Gasteiger partial charge in [-0.05, 0) is 26.0 Å². The number of rotatable bonds is 5. The lowest BCUT2D eigenvalue weighted by Crippen LogP contribution is -2.28. The van der Waals surface area contributed by atoms with Crippen LogP contribution >= 0.6 is 0 Å². The summed E-state index contributed by atoms with van der Waals surface area (Å²) >= 11 is 0. The minimum atomic E-state index is -3.18. The molecule has 2 heterocycles. The number of halogens is 2. The number of aromatic amines is 1. The zero-order valence-electron chi connectivity index (χ0n) is 14.2. The number of hydrogen-bond acceptors (Lipinski definition) is 6. The molecule has 2 N–H and O–H groups in total. The fraction of sp³-hybridized carbons (Fsp3) is 0.375. The van der Waals surface area contributed by atoms with Crippen molar-refractivity contribution in [1.82, 2.24) is 15.0 Å². The number of carbonyl (C=O) groups excluding carboxylic acids is 1. The summed E-state index contributed by atoms with van der Waals surface area (Å²) in [6.07, 6.45) is 2.68. The zero-order chi connectivity index (χ0) is 18.9. The predicted molar refractivity (Wildman–Crippen MR) is 88.5 cm³/mol. The highest BCUT2D eigenvalue weighted by atomic mass is 19.3. The first kappa shape index (κ1) is 20.2. The highest BCUT2D eigenvalue weighted by Crippen LogP contribution is 2.25. The van der Waals surface area contributed by atoms with Crippen LogP contribution in [0, 0.1) is 6.92 Å². The van der Waals surface area contributed by atoms with E-state index in [9.17, 15) is 18.4 Å². The largest absolute Gasteiger partial charge is 0.466 e. The van der Waals surface area contributed by atoms with Crippen LogP contribution < -0.4 is 10.9 Å². The van der Waals surface area contributed by atoms with Crippen LogP contribution in [0.2, 0.25) is 0 Å². The summed E-state index contributed by atoms with van der Waals surface area (Å²) in [5.74, 6) is -3.53. The molecule has 9 heteroatoms. The van der Waals surface area contributed by atoms with Crippen molar-refractivity contribution in [3.63, 3.8) is 0 Å². The number of nitrogens with one attached hydrogen (secondary N) is 2. The average Bonchev–Trinajstić information content (AvgIpc) is 2.55. The van der Waals surface area contributed by atoms with Gasteiger partial charge in [-0.15, -0.1) is 0 Å². The minimum absolute atomic E-state index is 0.138. The lowest BCUT2D eigenvalue weighted by atomic mass is 10.2. The van der Waals surface area contributed by atoms with Crippen molar-refractivity contribution in [2.75, 3.05) is 18.5 Å². The molecule has 7 nitrogen and oxygen atoms in total. The molecule has 0 aliphatic carbocycles. The van der Waals surface area contributed by atoms with Crippen LogP contribution in [-0.2, 0) is 15.5 Å². The molecule has 0 spiro atoms. The number of alkyl halides is 2. The summed E-state index contributed by atoms with van der Waals surface area (Å²) in [5, 5.41) is 2.33. The number of carbonyl (C=O) groups is 1. The summed E-state index contributed by atoms with van der Waals surface area (Å²) in [5.41, 5.74) is -0.324. The SMILES string of the molecule is CCOC(C)=O.Cc1cnc(NCC(F)(F)c2ccccn2)c(=O)[nH]1.